The fourth-order valence-electron chi connectivity index (χ4n) is 3.05. The van der Waals surface area contributed by atoms with Gasteiger partial charge in [0.1, 0.15) is 5.75 Å². The van der Waals surface area contributed by atoms with E-state index in [2.05, 4.69) is 22.3 Å². The van der Waals surface area contributed by atoms with Crippen LogP contribution in [-0.2, 0) is 11.3 Å². The van der Waals surface area contributed by atoms with Gasteiger partial charge in [-0.1, -0.05) is 31.4 Å². The zero-order valence-corrected chi connectivity index (χ0v) is 14.7. The third kappa shape index (κ3) is 5.54. The molecule has 1 aliphatic rings. The number of amides is 1. The smallest absolute Gasteiger partial charge is 0.237 e. The van der Waals surface area contributed by atoms with Crippen LogP contribution in [-0.4, -0.2) is 36.5 Å². The molecule has 1 amide bonds. The van der Waals surface area contributed by atoms with Crippen molar-refractivity contribution in [1.82, 2.24) is 10.2 Å². The van der Waals surface area contributed by atoms with Crippen molar-refractivity contribution in [3.8, 4) is 5.75 Å². The van der Waals surface area contributed by atoms with E-state index in [1.807, 2.05) is 33.0 Å². The Morgan fingerprint density at radius 1 is 1.26 bits per heavy atom. The largest absolute Gasteiger partial charge is 0.494 e. The second kappa shape index (κ2) is 8.92. The lowest BCUT2D eigenvalue weighted by Crippen LogP contribution is -2.47. The van der Waals surface area contributed by atoms with E-state index in [9.17, 15) is 4.79 Å². The predicted octanol–water partition coefficient (Wildman–Crippen LogP) is 3.35. The molecule has 2 rings (SSSR count). The number of carbonyl (C=O) groups excluding carboxylic acids is 1. The van der Waals surface area contributed by atoms with Crippen LogP contribution in [0.5, 0.6) is 5.75 Å². The van der Waals surface area contributed by atoms with Crippen LogP contribution < -0.4 is 10.1 Å². The highest BCUT2D eigenvalue weighted by Gasteiger charge is 2.22. The summed E-state index contributed by atoms with van der Waals surface area (Å²) in [6.45, 7) is 5.39. The van der Waals surface area contributed by atoms with Crippen molar-refractivity contribution in [3.63, 3.8) is 0 Å². The minimum atomic E-state index is -0.122. The first-order valence-electron chi connectivity index (χ1n) is 8.82. The average Bonchev–Trinajstić information content (AvgIpc) is 2.57. The van der Waals surface area contributed by atoms with Gasteiger partial charge in [-0.2, -0.15) is 0 Å². The van der Waals surface area contributed by atoms with Gasteiger partial charge in [0.15, 0.2) is 0 Å². The van der Waals surface area contributed by atoms with Crippen molar-refractivity contribution in [3.05, 3.63) is 29.8 Å². The summed E-state index contributed by atoms with van der Waals surface area (Å²) in [5.41, 5.74) is 1.19. The number of nitrogens with zero attached hydrogens (tertiary/aromatic N) is 1. The molecule has 1 aromatic rings. The Hall–Kier alpha value is -1.55. The molecule has 1 unspecified atom stereocenters. The molecule has 0 bridgehead atoms. The van der Waals surface area contributed by atoms with Crippen LogP contribution in [0.1, 0.15) is 51.5 Å². The summed E-state index contributed by atoms with van der Waals surface area (Å²) >= 11 is 0. The number of likely N-dealkylation sites (N-methyl/N-ethyl adjacent to an activating group) is 1. The summed E-state index contributed by atoms with van der Waals surface area (Å²) in [5, 5.41) is 3.21. The summed E-state index contributed by atoms with van der Waals surface area (Å²) < 4.78 is 5.46. The lowest BCUT2D eigenvalue weighted by molar-refractivity contribution is -0.126. The first-order chi connectivity index (χ1) is 11.1. The van der Waals surface area contributed by atoms with E-state index in [-0.39, 0.29) is 11.9 Å². The minimum absolute atomic E-state index is 0.122. The average molecular weight is 318 g/mol. The first-order valence-corrected chi connectivity index (χ1v) is 8.82. The van der Waals surface area contributed by atoms with Gasteiger partial charge in [0, 0.05) is 12.6 Å². The third-order valence-corrected chi connectivity index (χ3v) is 4.66. The van der Waals surface area contributed by atoms with E-state index < -0.39 is 0 Å². The van der Waals surface area contributed by atoms with Gasteiger partial charge in [0.2, 0.25) is 5.91 Å². The van der Waals surface area contributed by atoms with Crippen molar-refractivity contribution in [1.29, 1.82) is 0 Å². The molecule has 128 valence electrons. The van der Waals surface area contributed by atoms with Gasteiger partial charge < -0.3 is 10.1 Å². The van der Waals surface area contributed by atoms with Gasteiger partial charge in [-0.15, -0.1) is 0 Å². The molecule has 1 fully saturated rings. The van der Waals surface area contributed by atoms with Crippen molar-refractivity contribution >= 4 is 5.91 Å². The molecule has 0 aliphatic heterocycles. The molecule has 1 aromatic carbocycles. The topological polar surface area (TPSA) is 41.6 Å². The molecule has 1 atom stereocenters. The van der Waals surface area contributed by atoms with Crippen molar-refractivity contribution in [2.24, 2.45) is 0 Å². The van der Waals surface area contributed by atoms with E-state index in [0.717, 1.165) is 25.1 Å². The first kappa shape index (κ1) is 17.8. The molecular formula is C19H30N2O2. The Balaban J connectivity index is 1.83. The zero-order valence-electron chi connectivity index (χ0n) is 14.7. The van der Waals surface area contributed by atoms with Gasteiger partial charge in [-0.3, -0.25) is 9.69 Å². The number of rotatable bonds is 7. The lowest BCUT2D eigenvalue weighted by Gasteiger charge is -2.28. The van der Waals surface area contributed by atoms with E-state index in [4.69, 9.17) is 4.74 Å². The van der Waals surface area contributed by atoms with E-state index in [1.165, 1.54) is 24.8 Å². The molecular weight excluding hydrogens is 288 g/mol. The molecule has 0 radical (unpaired) electrons. The van der Waals surface area contributed by atoms with E-state index in [1.54, 1.807) is 0 Å². The Morgan fingerprint density at radius 2 is 1.91 bits per heavy atom. The number of benzene rings is 1. The van der Waals surface area contributed by atoms with Crippen molar-refractivity contribution in [2.75, 3.05) is 13.7 Å². The summed E-state index contributed by atoms with van der Waals surface area (Å²) in [4.78, 5) is 14.5. The normalized spacial score (nSPS) is 17.0. The van der Waals surface area contributed by atoms with Crippen LogP contribution in [0.3, 0.4) is 0 Å². The molecule has 0 heterocycles. The van der Waals surface area contributed by atoms with E-state index >= 15 is 0 Å². The maximum atomic E-state index is 12.4. The number of carbonyl (C=O) groups is 1. The third-order valence-electron chi connectivity index (χ3n) is 4.66. The van der Waals surface area contributed by atoms with Crippen LogP contribution >= 0.6 is 0 Å². The Bertz CT molecular complexity index is 481. The van der Waals surface area contributed by atoms with Crippen LogP contribution in [0.25, 0.3) is 0 Å². The highest BCUT2D eigenvalue weighted by atomic mass is 16.5. The summed E-state index contributed by atoms with van der Waals surface area (Å²) in [6.07, 6.45) is 6.03. The minimum Gasteiger partial charge on any atom is -0.494 e. The molecule has 1 aliphatic carbocycles. The maximum absolute atomic E-state index is 12.4. The number of ether oxygens (including phenoxy) is 1. The monoisotopic (exact) mass is 318 g/mol. The van der Waals surface area contributed by atoms with Crippen LogP contribution in [0, 0.1) is 0 Å². The number of hydrogen-bond acceptors (Lipinski definition) is 3. The molecule has 4 heteroatoms. The lowest BCUT2D eigenvalue weighted by atomic mass is 9.95. The van der Waals surface area contributed by atoms with Crippen LogP contribution in [0.4, 0.5) is 0 Å². The molecule has 4 nitrogen and oxygen atoms in total. The Labute approximate surface area is 140 Å². The zero-order chi connectivity index (χ0) is 16.7. The SMILES string of the molecule is CCOc1ccc(CN(C)C(C)C(=O)NC2CCCCC2)cc1. The molecule has 0 saturated heterocycles. The molecule has 0 spiro atoms. The highest BCUT2D eigenvalue weighted by Crippen LogP contribution is 2.18. The summed E-state index contributed by atoms with van der Waals surface area (Å²) in [6, 6.07) is 8.35. The Kier molecular flexibility index (Phi) is 6.90. The molecule has 1 saturated carbocycles. The quantitative estimate of drug-likeness (QED) is 0.838. The fraction of sp³-hybridized carbons (Fsp3) is 0.632. The summed E-state index contributed by atoms with van der Waals surface area (Å²) in [5.74, 6) is 1.03. The fourth-order valence-corrected chi connectivity index (χ4v) is 3.05. The van der Waals surface area contributed by atoms with Gasteiger partial charge in [-0.05, 0) is 51.4 Å². The Morgan fingerprint density at radius 3 is 2.52 bits per heavy atom. The number of nitrogens with one attached hydrogen (secondary N) is 1. The van der Waals surface area contributed by atoms with Gasteiger partial charge in [0.05, 0.1) is 12.6 Å². The van der Waals surface area contributed by atoms with Gasteiger partial charge in [0.25, 0.3) is 0 Å². The maximum Gasteiger partial charge on any atom is 0.237 e. The van der Waals surface area contributed by atoms with Gasteiger partial charge >= 0.3 is 0 Å². The molecule has 0 aromatic heterocycles. The van der Waals surface area contributed by atoms with Crippen LogP contribution in [0.2, 0.25) is 0 Å². The second-order valence-electron chi connectivity index (χ2n) is 6.51. The predicted molar refractivity (Wildman–Crippen MR) is 93.6 cm³/mol. The van der Waals surface area contributed by atoms with Crippen molar-refractivity contribution < 1.29 is 9.53 Å². The van der Waals surface area contributed by atoms with Crippen LogP contribution in [0.15, 0.2) is 24.3 Å². The number of hydrogen-bond donors (Lipinski definition) is 1. The highest BCUT2D eigenvalue weighted by molar-refractivity contribution is 5.81. The van der Waals surface area contributed by atoms with Crippen molar-refractivity contribution in [2.45, 2.75) is 64.6 Å². The van der Waals surface area contributed by atoms with Gasteiger partial charge in [-0.25, -0.2) is 0 Å². The molecule has 23 heavy (non-hydrogen) atoms. The van der Waals surface area contributed by atoms with E-state index in [0.29, 0.717) is 12.6 Å². The second-order valence-corrected chi connectivity index (χ2v) is 6.51. The standard InChI is InChI=1S/C19H30N2O2/c1-4-23-18-12-10-16(11-13-18)14-21(3)15(2)19(22)20-17-8-6-5-7-9-17/h10-13,15,17H,4-9,14H2,1-3H3,(H,20,22). The summed E-state index contributed by atoms with van der Waals surface area (Å²) in [7, 11) is 2.00. The molecule has 1 N–H and O–H groups in total.